The Bertz CT molecular complexity index is 477. The van der Waals surface area contributed by atoms with Crippen molar-refractivity contribution in [2.45, 2.75) is 37.8 Å². The molecule has 1 aliphatic carbocycles. The Morgan fingerprint density at radius 2 is 2.24 bits per heavy atom. The second-order valence-corrected chi connectivity index (χ2v) is 4.28. The molecule has 0 unspecified atom stereocenters. The van der Waals surface area contributed by atoms with Crippen LogP contribution >= 0.6 is 12.4 Å². The van der Waals surface area contributed by atoms with Gasteiger partial charge in [-0.25, -0.2) is 6.57 Å². The highest BCUT2D eigenvalue weighted by atomic mass is 35.5. The van der Waals surface area contributed by atoms with Crippen molar-refractivity contribution < 1.29 is 0 Å². The maximum absolute atomic E-state index is 11.8. The van der Waals surface area contributed by atoms with Crippen LogP contribution in [0.4, 0.5) is 5.69 Å². The van der Waals surface area contributed by atoms with Crippen molar-refractivity contribution in [2.24, 2.45) is 0 Å². The molecule has 1 fully saturated rings. The van der Waals surface area contributed by atoms with Gasteiger partial charge in [0.25, 0.3) is 5.56 Å². The van der Waals surface area contributed by atoms with Crippen molar-refractivity contribution in [3.63, 3.8) is 0 Å². The van der Waals surface area contributed by atoms with E-state index in [4.69, 9.17) is 12.3 Å². The summed E-state index contributed by atoms with van der Waals surface area (Å²) in [6.07, 6.45) is 5.48. The molecule has 0 amide bonds. The van der Waals surface area contributed by atoms with Gasteiger partial charge in [-0.2, -0.15) is 0 Å². The van der Waals surface area contributed by atoms with E-state index in [1.807, 2.05) is 0 Å². The van der Waals surface area contributed by atoms with Crippen molar-refractivity contribution in [1.29, 1.82) is 0 Å². The van der Waals surface area contributed by atoms with Crippen molar-refractivity contribution in [3.05, 3.63) is 40.1 Å². The zero-order valence-corrected chi connectivity index (χ0v) is 10.3. The molecule has 1 heterocycles. The maximum Gasteiger partial charge on any atom is 0.273 e. The fourth-order valence-electron chi connectivity index (χ4n) is 2.32. The summed E-state index contributed by atoms with van der Waals surface area (Å²) < 4.78 is 1.69. The molecule has 2 atom stereocenters. The van der Waals surface area contributed by atoms with Crippen LogP contribution in [0.1, 0.15) is 31.7 Å². The van der Waals surface area contributed by atoms with Gasteiger partial charge in [-0.05, 0) is 25.0 Å². The highest BCUT2D eigenvalue weighted by Crippen LogP contribution is 2.29. The number of hydrogen-bond acceptors (Lipinski definition) is 2. The summed E-state index contributed by atoms with van der Waals surface area (Å²) in [5, 5.41) is 0. The molecule has 5 heteroatoms. The van der Waals surface area contributed by atoms with Gasteiger partial charge in [-0.3, -0.25) is 4.79 Å². The molecule has 0 aromatic carbocycles. The predicted octanol–water partition coefficient (Wildman–Crippen LogP) is 2.26. The average molecular weight is 254 g/mol. The molecule has 0 bridgehead atoms. The van der Waals surface area contributed by atoms with Crippen LogP contribution in [0, 0.1) is 6.57 Å². The van der Waals surface area contributed by atoms with Crippen LogP contribution in [0.5, 0.6) is 0 Å². The normalized spacial score (nSPS) is 23.5. The molecule has 0 saturated heterocycles. The Labute approximate surface area is 107 Å². The first-order chi connectivity index (χ1) is 7.72. The molecule has 92 valence electrons. The average Bonchev–Trinajstić information content (AvgIpc) is 2.33. The molecule has 0 spiro atoms. The summed E-state index contributed by atoms with van der Waals surface area (Å²) in [4.78, 5) is 15.4. The molecule has 1 aromatic rings. The van der Waals surface area contributed by atoms with E-state index in [9.17, 15) is 4.79 Å². The van der Waals surface area contributed by atoms with Gasteiger partial charge in [0, 0.05) is 25.1 Å². The molecule has 1 aliphatic rings. The van der Waals surface area contributed by atoms with Crippen LogP contribution in [0.15, 0.2) is 23.1 Å². The highest BCUT2D eigenvalue weighted by Gasteiger charge is 2.27. The topological polar surface area (TPSA) is 52.4 Å². The van der Waals surface area contributed by atoms with Crippen LogP contribution in [0.3, 0.4) is 0 Å². The molecule has 0 aliphatic heterocycles. The predicted molar refractivity (Wildman–Crippen MR) is 70.3 cm³/mol. The Morgan fingerprint density at radius 1 is 1.47 bits per heavy atom. The molecular formula is C12H16ClN3O. The fraction of sp³-hybridized carbons (Fsp3) is 0.500. The third-order valence-electron chi connectivity index (χ3n) is 3.20. The number of pyridine rings is 1. The molecule has 17 heavy (non-hydrogen) atoms. The quantitative estimate of drug-likeness (QED) is 0.781. The van der Waals surface area contributed by atoms with Gasteiger partial charge in [0.05, 0.1) is 5.69 Å². The first-order valence-electron chi connectivity index (χ1n) is 5.55. The molecule has 0 radical (unpaired) electrons. The summed E-state index contributed by atoms with van der Waals surface area (Å²) in [6.45, 7) is 7.06. The van der Waals surface area contributed by atoms with E-state index in [0.717, 1.165) is 25.7 Å². The van der Waals surface area contributed by atoms with Gasteiger partial charge in [-0.1, -0.05) is 0 Å². The number of hydrogen-bond donors (Lipinski definition) is 1. The van der Waals surface area contributed by atoms with E-state index >= 15 is 0 Å². The van der Waals surface area contributed by atoms with Crippen LogP contribution in [0.25, 0.3) is 4.85 Å². The SMILES string of the molecule is Cl.[C-]#[N+][C@@H]1CCC[C@H](n2cccc(N)c2=O)C1. The van der Waals surface area contributed by atoms with E-state index < -0.39 is 0 Å². The van der Waals surface area contributed by atoms with Crippen molar-refractivity contribution in [1.82, 2.24) is 4.57 Å². The smallest absolute Gasteiger partial charge is 0.273 e. The summed E-state index contributed by atoms with van der Waals surface area (Å²) >= 11 is 0. The highest BCUT2D eigenvalue weighted by molar-refractivity contribution is 5.85. The number of nitrogen functional groups attached to an aromatic ring is 1. The summed E-state index contributed by atoms with van der Waals surface area (Å²) in [5.41, 5.74) is 5.76. The van der Waals surface area contributed by atoms with Gasteiger partial charge < -0.3 is 15.1 Å². The van der Waals surface area contributed by atoms with Crippen LogP contribution in [-0.4, -0.2) is 10.6 Å². The molecule has 1 aromatic heterocycles. The summed E-state index contributed by atoms with van der Waals surface area (Å²) in [7, 11) is 0. The lowest BCUT2D eigenvalue weighted by Crippen LogP contribution is -2.30. The Morgan fingerprint density at radius 3 is 2.94 bits per heavy atom. The fourth-order valence-corrected chi connectivity index (χ4v) is 2.32. The Kier molecular flexibility index (Phi) is 4.59. The minimum Gasteiger partial charge on any atom is -0.394 e. The monoisotopic (exact) mass is 253 g/mol. The number of rotatable bonds is 1. The molecule has 1 saturated carbocycles. The largest absolute Gasteiger partial charge is 0.394 e. The molecule has 2 rings (SSSR count). The third-order valence-corrected chi connectivity index (χ3v) is 3.20. The summed E-state index contributed by atoms with van der Waals surface area (Å²) in [6, 6.07) is 3.61. The number of anilines is 1. The second-order valence-electron chi connectivity index (χ2n) is 4.28. The van der Waals surface area contributed by atoms with Crippen LogP contribution in [0.2, 0.25) is 0 Å². The number of nitrogens with two attached hydrogens (primary N) is 1. The first-order valence-corrected chi connectivity index (χ1v) is 5.55. The molecular weight excluding hydrogens is 238 g/mol. The second kappa shape index (κ2) is 5.74. The maximum atomic E-state index is 11.8. The van der Waals surface area contributed by atoms with E-state index in [2.05, 4.69) is 4.85 Å². The Hall–Kier alpha value is -1.47. The third kappa shape index (κ3) is 2.80. The van der Waals surface area contributed by atoms with E-state index in [1.165, 1.54) is 0 Å². The lowest BCUT2D eigenvalue weighted by atomic mass is 9.91. The standard InChI is InChI=1S/C12H15N3O.ClH/c1-14-9-4-2-5-10(8-9)15-7-3-6-11(13)12(15)16;/h3,6-7,9-10H,2,4-5,8,13H2;1H/t9-,10+;/m1./s1. The zero-order chi connectivity index (χ0) is 11.5. The lowest BCUT2D eigenvalue weighted by Gasteiger charge is -2.24. The van der Waals surface area contributed by atoms with Crippen molar-refractivity contribution in [2.75, 3.05) is 5.73 Å². The van der Waals surface area contributed by atoms with Gasteiger partial charge in [0.1, 0.15) is 0 Å². The van der Waals surface area contributed by atoms with E-state index in [-0.39, 0.29) is 35.7 Å². The summed E-state index contributed by atoms with van der Waals surface area (Å²) in [5.74, 6) is 0. The minimum absolute atomic E-state index is 0. The van der Waals surface area contributed by atoms with Crippen molar-refractivity contribution in [3.8, 4) is 0 Å². The van der Waals surface area contributed by atoms with Gasteiger partial charge in [-0.15, -0.1) is 12.4 Å². The van der Waals surface area contributed by atoms with Gasteiger partial charge in [0.2, 0.25) is 6.04 Å². The first kappa shape index (κ1) is 13.6. The Balaban J connectivity index is 0.00000144. The van der Waals surface area contributed by atoms with Gasteiger partial charge >= 0.3 is 0 Å². The number of halogens is 1. The number of aromatic nitrogens is 1. The molecule has 4 nitrogen and oxygen atoms in total. The van der Waals surface area contributed by atoms with Gasteiger partial charge in [0.15, 0.2) is 0 Å². The molecule has 2 N–H and O–H groups in total. The minimum atomic E-state index is -0.127. The lowest BCUT2D eigenvalue weighted by molar-refractivity contribution is 0.335. The van der Waals surface area contributed by atoms with E-state index in [1.54, 1.807) is 22.9 Å². The van der Waals surface area contributed by atoms with E-state index in [0.29, 0.717) is 0 Å². The van der Waals surface area contributed by atoms with Crippen LogP contribution in [-0.2, 0) is 0 Å². The van der Waals surface area contributed by atoms with Crippen molar-refractivity contribution >= 4 is 18.1 Å². The zero-order valence-electron chi connectivity index (χ0n) is 9.50. The number of nitrogens with zero attached hydrogens (tertiary/aromatic N) is 2. The van der Waals surface area contributed by atoms with Crippen LogP contribution < -0.4 is 11.3 Å².